The highest BCUT2D eigenvalue weighted by atomic mass is 16.2. The molecule has 28 heavy (non-hydrogen) atoms. The quantitative estimate of drug-likeness (QED) is 0.864. The Morgan fingerprint density at radius 3 is 2.75 bits per heavy atom. The van der Waals surface area contributed by atoms with Crippen LogP contribution in [0.4, 0.5) is 5.95 Å². The van der Waals surface area contributed by atoms with Crippen molar-refractivity contribution >= 4 is 11.9 Å². The number of nitrogens with zero attached hydrogens (tertiary/aromatic N) is 4. The molecule has 5 rings (SSSR count). The molecule has 3 fully saturated rings. The van der Waals surface area contributed by atoms with E-state index in [1.807, 2.05) is 11.8 Å². The molecular weight excluding hydrogens is 350 g/mol. The molecular formula is C22H29N5O. The molecule has 3 aliphatic rings. The number of piperidine rings is 1. The normalized spacial score (nSPS) is 22.2. The Labute approximate surface area is 166 Å². The number of benzene rings is 1. The Kier molecular flexibility index (Phi) is 5.57. The molecule has 6 heteroatoms. The van der Waals surface area contributed by atoms with Crippen LogP contribution in [0.25, 0.3) is 0 Å². The van der Waals surface area contributed by atoms with Gasteiger partial charge >= 0.3 is 0 Å². The van der Waals surface area contributed by atoms with Crippen LogP contribution in [0.15, 0.2) is 36.4 Å². The van der Waals surface area contributed by atoms with Crippen LogP contribution in [-0.4, -0.2) is 57.9 Å². The van der Waals surface area contributed by atoms with Gasteiger partial charge in [0.25, 0.3) is 5.91 Å². The Balaban J connectivity index is 1.39. The number of nitrogen functional groups attached to an aromatic ring is 1. The maximum absolute atomic E-state index is 13.1. The van der Waals surface area contributed by atoms with Gasteiger partial charge in [-0.25, -0.2) is 9.97 Å². The van der Waals surface area contributed by atoms with E-state index < -0.39 is 0 Å². The third-order valence-electron chi connectivity index (χ3n) is 5.92. The number of carbonyl (C=O) groups excluding carboxylic acids is 1. The summed E-state index contributed by atoms with van der Waals surface area (Å²) in [6.45, 7) is 5.79. The minimum Gasteiger partial charge on any atom is -0.368 e. The summed E-state index contributed by atoms with van der Waals surface area (Å²) < 4.78 is 0. The van der Waals surface area contributed by atoms with Crippen LogP contribution in [0.2, 0.25) is 0 Å². The minimum atomic E-state index is -0.00182. The highest BCUT2D eigenvalue weighted by Gasteiger charge is 2.37. The Bertz CT molecular complexity index is 805. The van der Waals surface area contributed by atoms with Gasteiger partial charge in [-0.15, -0.1) is 0 Å². The summed E-state index contributed by atoms with van der Waals surface area (Å²) in [5.74, 6) is 0.712. The van der Waals surface area contributed by atoms with Crippen molar-refractivity contribution in [3.8, 4) is 0 Å². The highest BCUT2D eigenvalue weighted by molar-refractivity contribution is 5.93. The molecule has 1 aromatic carbocycles. The van der Waals surface area contributed by atoms with Crippen molar-refractivity contribution in [1.29, 1.82) is 0 Å². The average Bonchev–Trinajstić information content (AvgIpc) is 2.98. The van der Waals surface area contributed by atoms with Crippen molar-refractivity contribution in [2.45, 2.75) is 38.6 Å². The SMILES string of the molecule is Cc1cc(C(=O)N2C[C@H]3CC[C@@H]2CN(CCCc2ccccc2)C3)nc(N)n1. The molecule has 1 aromatic heterocycles. The van der Waals surface area contributed by atoms with Crippen LogP contribution in [0.3, 0.4) is 0 Å². The van der Waals surface area contributed by atoms with Gasteiger partial charge in [0.05, 0.1) is 0 Å². The van der Waals surface area contributed by atoms with Gasteiger partial charge < -0.3 is 15.5 Å². The van der Waals surface area contributed by atoms with Crippen LogP contribution in [0, 0.1) is 12.8 Å². The molecule has 3 saturated heterocycles. The number of hydrogen-bond donors (Lipinski definition) is 1. The number of hydrogen-bond acceptors (Lipinski definition) is 5. The number of rotatable bonds is 5. The number of fused-ring (bicyclic) bond motifs is 4. The molecule has 1 amide bonds. The van der Waals surface area contributed by atoms with Crippen LogP contribution in [0.5, 0.6) is 0 Å². The Hall–Kier alpha value is -2.47. The zero-order valence-corrected chi connectivity index (χ0v) is 16.6. The zero-order chi connectivity index (χ0) is 19.5. The lowest BCUT2D eigenvalue weighted by Crippen LogP contribution is -2.47. The van der Waals surface area contributed by atoms with E-state index in [1.165, 1.54) is 12.0 Å². The van der Waals surface area contributed by atoms with E-state index in [2.05, 4.69) is 45.2 Å². The summed E-state index contributed by atoms with van der Waals surface area (Å²) in [6.07, 6.45) is 4.54. The van der Waals surface area contributed by atoms with Gasteiger partial charge in [-0.2, -0.15) is 0 Å². The van der Waals surface area contributed by atoms with Gasteiger partial charge in [0.15, 0.2) is 0 Å². The number of aryl methyl sites for hydroxylation is 2. The largest absolute Gasteiger partial charge is 0.368 e. The lowest BCUT2D eigenvalue weighted by molar-refractivity contribution is 0.0579. The first-order valence-electron chi connectivity index (χ1n) is 10.3. The molecule has 0 saturated carbocycles. The molecule has 2 bridgehead atoms. The Morgan fingerprint density at radius 2 is 1.96 bits per heavy atom. The standard InChI is InChI=1S/C22H29N5O/c1-16-12-20(25-22(23)24-16)21(28)27-14-18-9-10-19(27)15-26(13-18)11-5-8-17-6-3-2-4-7-17/h2-4,6-7,12,18-19H,5,8-11,13-15H2,1H3,(H2,23,24,25)/t18-,19+/m0/s1. The molecule has 2 N–H and O–H groups in total. The van der Waals surface area contributed by atoms with Crippen molar-refractivity contribution in [2.24, 2.45) is 5.92 Å². The van der Waals surface area contributed by atoms with Crippen molar-refractivity contribution in [3.05, 3.63) is 53.3 Å². The Morgan fingerprint density at radius 1 is 1.14 bits per heavy atom. The molecule has 0 aliphatic carbocycles. The van der Waals surface area contributed by atoms with Crippen molar-refractivity contribution in [2.75, 3.05) is 31.9 Å². The second-order valence-corrected chi connectivity index (χ2v) is 8.16. The molecule has 0 radical (unpaired) electrons. The molecule has 0 unspecified atom stereocenters. The minimum absolute atomic E-state index is 0.00182. The zero-order valence-electron chi connectivity index (χ0n) is 16.6. The molecule has 2 atom stereocenters. The highest BCUT2D eigenvalue weighted by Crippen LogP contribution is 2.29. The fourth-order valence-corrected chi connectivity index (χ4v) is 4.61. The first-order chi connectivity index (χ1) is 13.6. The maximum atomic E-state index is 13.1. The van der Waals surface area contributed by atoms with Gasteiger partial charge in [0.1, 0.15) is 5.69 Å². The third-order valence-corrected chi connectivity index (χ3v) is 5.92. The molecule has 6 nitrogen and oxygen atoms in total. The second kappa shape index (κ2) is 8.27. The molecule has 3 aliphatic heterocycles. The predicted molar refractivity (Wildman–Crippen MR) is 110 cm³/mol. The van der Waals surface area contributed by atoms with Gasteiger partial charge in [0.2, 0.25) is 5.95 Å². The number of aromatic nitrogens is 2. The first kappa shape index (κ1) is 18.9. The van der Waals surface area contributed by atoms with Gasteiger partial charge in [-0.1, -0.05) is 30.3 Å². The lowest BCUT2D eigenvalue weighted by Gasteiger charge is -2.36. The molecule has 4 heterocycles. The lowest BCUT2D eigenvalue weighted by atomic mass is 9.94. The van der Waals surface area contributed by atoms with Crippen molar-refractivity contribution in [3.63, 3.8) is 0 Å². The van der Waals surface area contributed by atoms with E-state index in [9.17, 15) is 4.79 Å². The molecule has 0 spiro atoms. The topological polar surface area (TPSA) is 75.4 Å². The fourth-order valence-electron chi connectivity index (χ4n) is 4.61. The van der Waals surface area contributed by atoms with Crippen LogP contribution < -0.4 is 5.73 Å². The monoisotopic (exact) mass is 379 g/mol. The molecule has 148 valence electrons. The average molecular weight is 380 g/mol. The van der Waals surface area contributed by atoms with Gasteiger partial charge in [0, 0.05) is 31.4 Å². The van der Waals surface area contributed by atoms with E-state index in [0.29, 0.717) is 11.6 Å². The maximum Gasteiger partial charge on any atom is 0.272 e. The van der Waals surface area contributed by atoms with Crippen LogP contribution in [-0.2, 0) is 6.42 Å². The van der Waals surface area contributed by atoms with Crippen LogP contribution >= 0.6 is 0 Å². The fraction of sp³-hybridized carbons (Fsp3) is 0.500. The first-order valence-corrected chi connectivity index (χ1v) is 10.3. The van der Waals surface area contributed by atoms with E-state index >= 15 is 0 Å². The summed E-state index contributed by atoms with van der Waals surface area (Å²) in [7, 11) is 0. The summed E-state index contributed by atoms with van der Waals surface area (Å²) in [4.78, 5) is 26.0. The van der Waals surface area contributed by atoms with E-state index in [1.54, 1.807) is 6.07 Å². The van der Waals surface area contributed by atoms with Gasteiger partial charge in [-0.3, -0.25) is 4.79 Å². The van der Waals surface area contributed by atoms with Gasteiger partial charge in [-0.05, 0) is 56.7 Å². The number of anilines is 1. The van der Waals surface area contributed by atoms with Crippen LogP contribution in [0.1, 0.15) is 41.0 Å². The van der Waals surface area contributed by atoms with Crippen molar-refractivity contribution in [1.82, 2.24) is 19.8 Å². The second-order valence-electron chi connectivity index (χ2n) is 8.16. The summed E-state index contributed by atoms with van der Waals surface area (Å²) in [5, 5.41) is 0. The van der Waals surface area contributed by atoms with E-state index in [4.69, 9.17) is 5.73 Å². The number of nitrogens with two attached hydrogens (primary N) is 1. The third kappa shape index (κ3) is 4.33. The van der Waals surface area contributed by atoms with E-state index in [-0.39, 0.29) is 17.9 Å². The van der Waals surface area contributed by atoms with E-state index in [0.717, 1.165) is 51.1 Å². The molecule has 2 aromatic rings. The van der Waals surface area contributed by atoms with Crippen molar-refractivity contribution < 1.29 is 4.79 Å². The summed E-state index contributed by atoms with van der Waals surface area (Å²) >= 11 is 0. The summed E-state index contributed by atoms with van der Waals surface area (Å²) in [5.41, 5.74) is 8.31. The predicted octanol–water partition coefficient (Wildman–Crippen LogP) is 2.54. The summed E-state index contributed by atoms with van der Waals surface area (Å²) in [6, 6.07) is 12.7. The number of carbonyl (C=O) groups is 1. The smallest absolute Gasteiger partial charge is 0.272 e. The number of amides is 1.